The molecule has 0 aliphatic carbocycles. The molecule has 1 aromatic rings. The van der Waals surface area contributed by atoms with Crippen molar-refractivity contribution in [2.24, 2.45) is 0 Å². The highest BCUT2D eigenvalue weighted by Crippen LogP contribution is 2.12. The maximum atomic E-state index is 12.3. The van der Waals surface area contributed by atoms with Gasteiger partial charge in [-0.3, -0.25) is 14.5 Å². The third kappa shape index (κ3) is 4.63. The van der Waals surface area contributed by atoms with Gasteiger partial charge in [0.05, 0.1) is 10.9 Å². The Bertz CT molecular complexity index is 495. The zero-order chi connectivity index (χ0) is 16.1. The fourth-order valence-corrected chi connectivity index (χ4v) is 3.28. The Morgan fingerprint density at radius 2 is 1.95 bits per heavy atom. The van der Waals surface area contributed by atoms with Gasteiger partial charge in [0.1, 0.15) is 0 Å². The van der Waals surface area contributed by atoms with Gasteiger partial charge in [-0.2, -0.15) is 0 Å². The Morgan fingerprint density at radius 3 is 2.55 bits per heavy atom. The van der Waals surface area contributed by atoms with Gasteiger partial charge in [0.2, 0.25) is 5.91 Å². The first kappa shape index (κ1) is 17.1. The summed E-state index contributed by atoms with van der Waals surface area (Å²) < 4.78 is 0. The third-order valence-corrected chi connectivity index (χ3v) is 5.05. The molecule has 2 rings (SSSR count). The van der Waals surface area contributed by atoms with Crippen LogP contribution in [0.4, 0.5) is 0 Å². The lowest BCUT2D eigenvalue weighted by Gasteiger charge is -2.36. The fourth-order valence-electron chi connectivity index (χ4n) is 2.61. The maximum Gasteiger partial charge on any atom is 0.237 e. The summed E-state index contributed by atoms with van der Waals surface area (Å²) in [4.78, 5) is 29.6. The molecule has 0 unspecified atom stereocenters. The Kier molecular flexibility index (Phi) is 6.11. The van der Waals surface area contributed by atoms with Crippen molar-refractivity contribution in [2.75, 3.05) is 33.2 Å². The first-order valence-corrected chi connectivity index (χ1v) is 8.65. The van der Waals surface area contributed by atoms with Crippen LogP contribution in [0.1, 0.15) is 29.9 Å². The van der Waals surface area contributed by atoms with E-state index in [9.17, 15) is 9.59 Å². The smallest absolute Gasteiger partial charge is 0.237 e. The number of rotatable bonds is 6. The van der Waals surface area contributed by atoms with Crippen LogP contribution in [0.2, 0.25) is 0 Å². The molecule has 0 spiro atoms. The first-order valence-electron chi connectivity index (χ1n) is 7.77. The van der Waals surface area contributed by atoms with Gasteiger partial charge in [-0.05, 0) is 32.3 Å². The largest absolute Gasteiger partial charge is 0.352 e. The number of thiophene rings is 1. The molecule has 0 aromatic carbocycles. The van der Waals surface area contributed by atoms with Crippen molar-refractivity contribution >= 4 is 23.0 Å². The predicted octanol–water partition coefficient (Wildman–Crippen LogP) is 1.46. The lowest BCUT2D eigenvalue weighted by molar-refractivity contribution is -0.127. The van der Waals surface area contributed by atoms with Gasteiger partial charge in [-0.25, -0.2) is 0 Å². The Morgan fingerprint density at radius 1 is 1.27 bits per heavy atom. The summed E-state index contributed by atoms with van der Waals surface area (Å²) in [5, 5.41) is 4.87. The van der Waals surface area contributed by atoms with E-state index in [4.69, 9.17) is 0 Å². The highest BCUT2D eigenvalue weighted by molar-refractivity contribution is 7.12. The Labute approximate surface area is 136 Å². The minimum Gasteiger partial charge on any atom is -0.352 e. The van der Waals surface area contributed by atoms with Crippen molar-refractivity contribution in [3.63, 3.8) is 0 Å². The van der Waals surface area contributed by atoms with Crippen molar-refractivity contribution in [3.05, 3.63) is 22.4 Å². The minimum absolute atomic E-state index is 0.0102. The molecule has 1 aromatic heterocycles. The van der Waals surface area contributed by atoms with E-state index in [-0.39, 0.29) is 23.8 Å². The van der Waals surface area contributed by atoms with E-state index in [1.54, 1.807) is 0 Å². The van der Waals surface area contributed by atoms with Crippen molar-refractivity contribution < 1.29 is 9.59 Å². The van der Waals surface area contributed by atoms with E-state index in [2.05, 4.69) is 22.2 Å². The van der Waals surface area contributed by atoms with Crippen molar-refractivity contribution in [1.82, 2.24) is 15.1 Å². The molecule has 1 aliphatic heterocycles. The van der Waals surface area contributed by atoms with Crippen LogP contribution in [0, 0.1) is 0 Å². The quantitative estimate of drug-likeness (QED) is 0.806. The summed E-state index contributed by atoms with van der Waals surface area (Å²) in [6.07, 6.45) is 0.349. The highest BCUT2D eigenvalue weighted by Gasteiger charge is 2.25. The molecule has 1 saturated heterocycles. The van der Waals surface area contributed by atoms with Gasteiger partial charge in [0.25, 0.3) is 0 Å². The molecule has 0 radical (unpaired) electrons. The van der Waals surface area contributed by atoms with Crippen LogP contribution in [0.5, 0.6) is 0 Å². The number of carbonyl (C=O) groups excluding carboxylic acids is 2. The van der Waals surface area contributed by atoms with Crippen LogP contribution in [-0.4, -0.2) is 66.8 Å². The standard InChI is InChI=1S/C16H25N3O2S/c1-12(11-14(20)15-5-4-10-22-15)17-16(21)13(2)19-8-6-18(3)7-9-19/h4-5,10,12-13H,6-9,11H2,1-3H3,(H,17,21)/t12-,13+/m1/s1. The van der Waals surface area contributed by atoms with Crippen molar-refractivity contribution in [2.45, 2.75) is 32.4 Å². The number of Topliss-reactive ketones (excluding diaryl/α,β-unsaturated/α-hetero) is 1. The molecule has 122 valence electrons. The topological polar surface area (TPSA) is 52.7 Å². The molecule has 0 saturated carbocycles. The van der Waals surface area contributed by atoms with Crippen molar-refractivity contribution in [3.8, 4) is 0 Å². The molecular weight excluding hydrogens is 298 g/mol. The molecule has 22 heavy (non-hydrogen) atoms. The number of piperazine rings is 1. The second-order valence-corrected chi connectivity index (χ2v) is 6.98. The molecule has 0 bridgehead atoms. The Hall–Kier alpha value is -1.24. The summed E-state index contributed by atoms with van der Waals surface area (Å²) in [7, 11) is 2.10. The zero-order valence-corrected chi connectivity index (χ0v) is 14.4. The second-order valence-electron chi connectivity index (χ2n) is 6.03. The number of hydrogen-bond acceptors (Lipinski definition) is 5. The fraction of sp³-hybridized carbons (Fsp3) is 0.625. The second kappa shape index (κ2) is 7.85. The molecular formula is C16H25N3O2S. The van der Waals surface area contributed by atoms with Crippen LogP contribution < -0.4 is 5.32 Å². The third-order valence-electron chi connectivity index (χ3n) is 4.14. The molecule has 1 aliphatic rings. The number of nitrogens with zero attached hydrogens (tertiary/aromatic N) is 2. The first-order chi connectivity index (χ1) is 10.5. The van der Waals surface area contributed by atoms with Crippen LogP contribution in [0.15, 0.2) is 17.5 Å². The molecule has 1 fully saturated rings. The molecule has 1 N–H and O–H groups in total. The van der Waals surface area contributed by atoms with Gasteiger partial charge in [-0.15, -0.1) is 11.3 Å². The summed E-state index contributed by atoms with van der Waals surface area (Å²) >= 11 is 1.45. The molecule has 5 nitrogen and oxygen atoms in total. The van der Waals surface area contributed by atoms with E-state index in [0.717, 1.165) is 31.1 Å². The van der Waals surface area contributed by atoms with Gasteiger partial charge < -0.3 is 10.2 Å². The average Bonchev–Trinajstić information content (AvgIpc) is 3.01. The summed E-state index contributed by atoms with van der Waals surface area (Å²) in [6, 6.07) is 3.41. The number of ketones is 1. The van der Waals surface area contributed by atoms with Gasteiger partial charge >= 0.3 is 0 Å². The van der Waals surface area contributed by atoms with Gasteiger partial charge in [-0.1, -0.05) is 6.07 Å². The average molecular weight is 323 g/mol. The van der Waals surface area contributed by atoms with Gasteiger partial charge in [0, 0.05) is 38.6 Å². The SMILES string of the molecule is C[C@H](CC(=O)c1cccs1)NC(=O)[C@H](C)N1CCN(C)CC1. The van der Waals surface area contributed by atoms with Gasteiger partial charge in [0.15, 0.2) is 5.78 Å². The molecule has 1 amide bonds. The number of amides is 1. The molecule has 6 heteroatoms. The van der Waals surface area contributed by atoms with E-state index in [1.807, 2.05) is 31.4 Å². The number of nitrogens with one attached hydrogen (secondary N) is 1. The van der Waals surface area contributed by atoms with E-state index in [1.165, 1.54) is 11.3 Å². The van der Waals surface area contributed by atoms with E-state index in [0.29, 0.717) is 6.42 Å². The summed E-state index contributed by atoms with van der Waals surface area (Å²) in [5.41, 5.74) is 0. The maximum absolute atomic E-state index is 12.3. The number of likely N-dealkylation sites (N-methyl/N-ethyl adjacent to an activating group) is 1. The summed E-state index contributed by atoms with van der Waals surface area (Å²) in [5.74, 6) is 0.103. The summed E-state index contributed by atoms with van der Waals surface area (Å²) in [6.45, 7) is 7.63. The number of carbonyl (C=O) groups is 2. The normalized spacial score (nSPS) is 19.6. The molecule has 2 heterocycles. The number of hydrogen-bond donors (Lipinski definition) is 1. The lowest BCUT2D eigenvalue weighted by atomic mass is 10.1. The van der Waals surface area contributed by atoms with Crippen molar-refractivity contribution in [1.29, 1.82) is 0 Å². The zero-order valence-electron chi connectivity index (χ0n) is 13.5. The van der Waals surface area contributed by atoms with Crippen LogP contribution >= 0.6 is 11.3 Å². The lowest BCUT2D eigenvalue weighted by Crippen LogP contribution is -2.54. The predicted molar refractivity (Wildman–Crippen MR) is 89.4 cm³/mol. The molecule has 2 atom stereocenters. The minimum atomic E-state index is -0.145. The van der Waals surface area contributed by atoms with E-state index < -0.39 is 0 Å². The Balaban J connectivity index is 1.79. The highest BCUT2D eigenvalue weighted by atomic mass is 32.1. The van der Waals surface area contributed by atoms with Crippen LogP contribution in [0.25, 0.3) is 0 Å². The monoisotopic (exact) mass is 323 g/mol. The van der Waals surface area contributed by atoms with Crippen LogP contribution in [-0.2, 0) is 4.79 Å². The van der Waals surface area contributed by atoms with Crippen LogP contribution in [0.3, 0.4) is 0 Å². The van der Waals surface area contributed by atoms with E-state index >= 15 is 0 Å².